The Morgan fingerprint density at radius 2 is 1.85 bits per heavy atom. The van der Waals surface area contributed by atoms with Gasteiger partial charge in [0.05, 0.1) is 18.0 Å². The van der Waals surface area contributed by atoms with Gasteiger partial charge in [0, 0.05) is 24.8 Å². The summed E-state index contributed by atoms with van der Waals surface area (Å²) in [5, 5.41) is 0.893. The summed E-state index contributed by atoms with van der Waals surface area (Å²) in [4.78, 5) is 33.0. The molecule has 6 heteroatoms. The molecule has 26 heavy (non-hydrogen) atoms. The maximum Gasteiger partial charge on any atom is 0.253 e. The van der Waals surface area contributed by atoms with Crippen molar-refractivity contribution < 1.29 is 9.59 Å². The second-order valence-corrected chi connectivity index (χ2v) is 7.61. The van der Waals surface area contributed by atoms with E-state index in [2.05, 4.69) is 4.98 Å². The Morgan fingerprint density at radius 3 is 2.62 bits per heavy atom. The normalized spacial score (nSPS) is 17.2. The summed E-state index contributed by atoms with van der Waals surface area (Å²) in [6.07, 6.45) is 5.14. The van der Waals surface area contributed by atoms with Gasteiger partial charge in [-0.2, -0.15) is 0 Å². The van der Waals surface area contributed by atoms with E-state index in [0.29, 0.717) is 12.3 Å². The second kappa shape index (κ2) is 7.50. The lowest BCUT2D eigenvalue weighted by atomic mass is 10.1. The lowest BCUT2D eigenvalue weighted by Crippen LogP contribution is -2.36. The number of benzene rings is 1. The predicted molar refractivity (Wildman–Crippen MR) is 102 cm³/mol. The number of rotatable bonds is 3. The molecule has 2 aliphatic rings. The summed E-state index contributed by atoms with van der Waals surface area (Å²) >= 11 is 1.48. The average Bonchev–Trinajstić information content (AvgIpc) is 2.71. The van der Waals surface area contributed by atoms with Gasteiger partial charge < -0.3 is 9.80 Å². The molecule has 1 aromatic heterocycles. The first-order chi connectivity index (χ1) is 12.7. The molecule has 4 rings (SSSR count). The second-order valence-electron chi connectivity index (χ2n) is 6.65. The maximum atomic E-state index is 12.6. The molecule has 0 N–H and O–H groups in total. The molecule has 0 unspecified atom stereocenters. The third-order valence-electron chi connectivity index (χ3n) is 4.86. The topological polar surface area (TPSA) is 53.5 Å². The summed E-state index contributed by atoms with van der Waals surface area (Å²) < 4.78 is 0. The number of hydrogen-bond acceptors (Lipinski definition) is 4. The van der Waals surface area contributed by atoms with E-state index in [4.69, 9.17) is 0 Å². The van der Waals surface area contributed by atoms with Gasteiger partial charge in [0.2, 0.25) is 5.91 Å². The Bertz CT molecular complexity index is 816. The zero-order valence-electron chi connectivity index (χ0n) is 14.6. The minimum atomic E-state index is 0.0870. The molecule has 1 aromatic carbocycles. The zero-order chi connectivity index (χ0) is 17.9. The third-order valence-corrected chi connectivity index (χ3v) is 5.84. The maximum absolute atomic E-state index is 12.6. The molecule has 0 radical (unpaired) electrons. The fraction of sp³-hybridized carbons (Fsp3) is 0.350. The number of amides is 2. The van der Waals surface area contributed by atoms with Crippen LogP contribution in [0.5, 0.6) is 0 Å². The lowest BCUT2D eigenvalue weighted by Gasteiger charge is -2.28. The van der Waals surface area contributed by atoms with Gasteiger partial charge in [-0.1, -0.05) is 23.9 Å². The van der Waals surface area contributed by atoms with Crippen LogP contribution in [-0.2, 0) is 11.3 Å². The fourth-order valence-corrected chi connectivity index (χ4v) is 4.31. The lowest BCUT2D eigenvalue weighted by molar-refractivity contribution is -0.116. The standard InChI is InChI=1S/C20H21N3O2S/c24-18-14-26-19-17(5-4-10-21-19)23(18)13-15-6-8-16(9-7-15)20(25)22-11-2-1-3-12-22/h4-10H,1-3,11-14H2. The fourth-order valence-electron chi connectivity index (χ4n) is 3.43. The van der Waals surface area contributed by atoms with E-state index in [1.807, 2.05) is 41.3 Å². The summed E-state index contributed by atoms with van der Waals surface area (Å²) in [7, 11) is 0. The van der Waals surface area contributed by atoms with Crippen LogP contribution in [0.3, 0.4) is 0 Å². The molecule has 0 atom stereocenters. The van der Waals surface area contributed by atoms with E-state index < -0.39 is 0 Å². The number of pyridine rings is 1. The molecule has 2 amide bonds. The summed E-state index contributed by atoms with van der Waals surface area (Å²) in [6, 6.07) is 11.4. The van der Waals surface area contributed by atoms with E-state index in [-0.39, 0.29) is 11.8 Å². The van der Waals surface area contributed by atoms with E-state index in [1.165, 1.54) is 18.2 Å². The smallest absolute Gasteiger partial charge is 0.253 e. The van der Waals surface area contributed by atoms with Gasteiger partial charge in [-0.3, -0.25) is 9.59 Å². The number of anilines is 1. The number of piperidine rings is 1. The van der Waals surface area contributed by atoms with Crippen LogP contribution in [0.2, 0.25) is 0 Å². The van der Waals surface area contributed by atoms with Gasteiger partial charge in [-0.25, -0.2) is 4.98 Å². The van der Waals surface area contributed by atoms with Crippen LogP contribution in [0, 0.1) is 0 Å². The number of thioether (sulfide) groups is 1. The number of aromatic nitrogens is 1. The molecule has 5 nitrogen and oxygen atoms in total. The van der Waals surface area contributed by atoms with Gasteiger partial charge in [0.25, 0.3) is 5.91 Å². The number of hydrogen-bond donors (Lipinski definition) is 0. The molecule has 134 valence electrons. The number of carbonyl (C=O) groups is 2. The monoisotopic (exact) mass is 367 g/mol. The van der Waals surface area contributed by atoms with Crippen molar-refractivity contribution in [1.82, 2.24) is 9.88 Å². The molecule has 0 spiro atoms. The third kappa shape index (κ3) is 3.46. The van der Waals surface area contributed by atoms with Crippen LogP contribution in [0.1, 0.15) is 35.2 Å². The van der Waals surface area contributed by atoms with Crippen molar-refractivity contribution >= 4 is 29.3 Å². The van der Waals surface area contributed by atoms with Crippen molar-refractivity contribution in [2.45, 2.75) is 30.8 Å². The van der Waals surface area contributed by atoms with E-state index in [9.17, 15) is 9.59 Å². The van der Waals surface area contributed by atoms with Crippen molar-refractivity contribution in [2.24, 2.45) is 0 Å². The molecule has 0 bridgehead atoms. The Hall–Kier alpha value is -2.34. The van der Waals surface area contributed by atoms with E-state index in [0.717, 1.165) is 47.8 Å². The van der Waals surface area contributed by atoms with Crippen LogP contribution in [0.25, 0.3) is 0 Å². The van der Waals surface area contributed by atoms with Crippen LogP contribution in [-0.4, -0.2) is 40.5 Å². The Labute approximate surface area is 157 Å². The summed E-state index contributed by atoms with van der Waals surface area (Å²) in [5.74, 6) is 0.607. The van der Waals surface area contributed by atoms with Crippen molar-refractivity contribution in [1.29, 1.82) is 0 Å². The molecule has 1 saturated heterocycles. The number of likely N-dealkylation sites (tertiary alicyclic amines) is 1. The number of nitrogens with zero attached hydrogens (tertiary/aromatic N) is 3. The Balaban J connectivity index is 1.49. The molecule has 0 aliphatic carbocycles. The summed E-state index contributed by atoms with van der Waals surface area (Å²) in [6.45, 7) is 2.20. The number of fused-ring (bicyclic) bond motifs is 1. The van der Waals surface area contributed by atoms with Crippen molar-refractivity contribution in [2.75, 3.05) is 23.7 Å². The number of carbonyl (C=O) groups excluding carboxylic acids is 2. The van der Waals surface area contributed by atoms with E-state index >= 15 is 0 Å². The van der Waals surface area contributed by atoms with Gasteiger partial charge >= 0.3 is 0 Å². The highest BCUT2D eigenvalue weighted by atomic mass is 32.2. The van der Waals surface area contributed by atoms with Crippen molar-refractivity contribution in [3.05, 3.63) is 53.7 Å². The van der Waals surface area contributed by atoms with Crippen LogP contribution >= 0.6 is 11.8 Å². The quantitative estimate of drug-likeness (QED) is 0.835. The Morgan fingerprint density at radius 1 is 1.08 bits per heavy atom. The highest BCUT2D eigenvalue weighted by molar-refractivity contribution is 8.00. The molecular formula is C20H21N3O2S. The van der Waals surface area contributed by atoms with Crippen LogP contribution in [0.15, 0.2) is 47.6 Å². The highest BCUT2D eigenvalue weighted by Crippen LogP contribution is 2.34. The molecule has 2 aromatic rings. The minimum absolute atomic E-state index is 0.0870. The minimum Gasteiger partial charge on any atom is -0.339 e. The molecular weight excluding hydrogens is 346 g/mol. The van der Waals surface area contributed by atoms with Gasteiger partial charge in [0.1, 0.15) is 5.03 Å². The van der Waals surface area contributed by atoms with Gasteiger partial charge in [-0.15, -0.1) is 0 Å². The van der Waals surface area contributed by atoms with Crippen LogP contribution < -0.4 is 4.90 Å². The van der Waals surface area contributed by atoms with Gasteiger partial charge in [-0.05, 0) is 49.1 Å². The predicted octanol–water partition coefficient (Wildman–Crippen LogP) is 3.35. The summed E-state index contributed by atoms with van der Waals surface area (Å²) in [5.41, 5.74) is 2.59. The first kappa shape index (κ1) is 17.1. The van der Waals surface area contributed by atoms with E-state index in [1.54, 1.807) is 11.1 Å². The molecule has 2 aliphatic heterocycles. The average molecular weight is 367 g/mol. The Kier molecular flexibility index (Phi) is 4.93. The highest BCUT2D eigenvalue weighted by Gasteiger charge is 2.25. The van der Waals surface area contributed by atoms with Crippen LogP contribution in [0.4, 0.5) is 5.69 Å². The largest absolute Gasteiger partial charge is 0.339 e. The van der Waals surface area contributed by atoms with Crippen molar-refractivity contribution in [3.63, 3.8) is 0 Å². The zero-order valence-corrected chi connectivity index (χ0v) is 15.4. The molecule has 1 fully saturated rings. The molecule has 3 heterocycles. The first-order valence-corrected chi connectivity index (χ1v) is 9.97. The first-order valence-electron chi connectivity index (χ1n) is 8.99. The molecule has 0 saturated carbocycles. The SMILES string of the molecule is O=C(c1ccc(CN2C(=O)CSc3ncccc32)cc1)N1CCCCC1. The van der Waals surface area contributed by atoms with Crippen molar-refractivity contribution in [3.8, 4) is 0 Å². The van der Waals surface area contributed by atoms with Gasteiger partial charge in [0.15, 0.2) is 0 Å².